The Morgan fingerprint density at radius 3 is 2.90 bits per heavy atom. The van der Waals surface area contributed by atoms with Gasteiger partial charge in [-0.3, -0.25) is 0 Å². The number of hydrogen-bond donors (Lipinski definition) is 1. The van der Waals surface area contributed by atoms with E-state index in [0.29, 0.717) is 12.5 Å². The van der Waals surface area contributed by atoms with Crippen LogP contribution in [-0.4, -0.2) is 23.1 Å². The average molecular weight is 270 g/mol. The highest BCUT2D eigenvalue weighted by Gasteiger charge is 2.08. The molecule has 0 saturated carbocycles. The van der Waals surface area contributed by atoms with Gasteiger partial charge in [0.05, 0.1) is 12.3 Å². The number of benzene rings is 1. The van der Waals surface area contributed by atoms with E-state index in [4.69, 9.17) is 4.74 Å². The summed E-state index contributed by atoms with van der Waals surface area (Å²) in [5, 5.41) is 3.02. The summed E-state index contributed by atoms with van der Waals surface area (Å²) in [6.07, 6.45) is 3.91. The van der Waals surface area contributed by atoms with E-state index in [1.165, 1.54) is 0 Å². The molecule has 1 aromatic heterocycles. The maximum atomic E-state index is 5.84. The Bertz CT molecular complexity index is 543. The zero-order valence-corrected chi connectivity index (χ0v) is 11.8. The molecule has 0 atom stereocenters. The van der Waals surface area contributed by atoms with Gasteiger partial charge in [0.25, 0.3) is 0 Å². The van der Waals surface area contributed by atoms with Crippen molar-refractivity contribution < 1.29 is 4.74 Å². The summed E-state index contributed by atoms with van der Waals surface area (Å²) in [6, 6.07) is 9.83. The molecule has 4 heteroatoms. The lowest BCUT2D eigenvalue weighted by Crippen LogP contribution is -2.03. The van der Waals surface area contributed by atoms with Crippen LogP contribution >= 0.6 is 0 Å². The lowest BCUT2D eigenvalue weighted by Gasteiger charge is -2.11. The van der Waals surface area contributed by atoms with Gasteiger partial charge in [-0.1, -0.05) is 25.5 Å². The summed E-state index contributed by atoms with van der Waals surface area (Å²) in [4.78, 5) is 8.64. The zero-order valence-electron chi connectivity index (χ0n) is 11.8. The first-order valence-corrected chi connectivity index (χ1v) is 6.93. The van der Waals surface area contributed by atoms with Gasteiger partial charge in [-0.2, -0.15) is 0 Å². The fraction of sp³-hybridized carbons (Fsp3) is 0.312. The second kappa shape index (κ2) is 7.48. The van der Waals surface area contributed by atoms with Crippen LogP contribution in [0.1, 0.15) is 19.8 Å². The molecular weight excluding hydrogens is 250 g/mol. The minimum atomic E-state index is 0.554. The molecule has 2 aromatic rings. The Kier molecular flexibility index (Phi) is 5.35. The minimum absolute atomic E-state index is 0.554. The number of ether oxygens (including phenoxy) is 1. The molecule has 105 valence electrons. The van der Waals surface area contributed by atoms with E-state index >= 15 is 0 Å². The van der Waals surface area contributed by atoms with Gasteiger partial charge in [-0.25, -0.2) is 9.97 Å². The second-order valence-corrected chi connectivity index (χ2v) is 4.39. The average Bonchev–Trinajstić information content (AvgIpc) is 2.49. The van der Waals surface area contributed by atoms with Crippen LogP contribution in [0.2, 0.25) is 0 Å². The third-order valence-electron chi connectivity index (χ3n) is 2.86. The molecule has 0 bridgehead atoms. The van der Waals surface area contributed by atoms with Crippen LogP contribution in [0.4, 0.5) is 5.95 Å². The Labute approximate surface area is 120 Å². The first-order chi connectivity index (χ1) is 9.85. The normalized spacial score (nSPS) is 10.3. The van der Waals surface area contributed by atoms with Gasteiger partial charge in [0.15, 0.2) is 0 Å². The number of nitrogens with zero attached hydrogens (tertiary/aromatic N) is 2. The molecule has 0 unspecified atom stereocenters. The number of unbranched alkanes of at least 4 members (excludes halogenated alkanes) is 1. The lowest BCUT2D eigenvalue weighted by atomic mass is 10.1. The van der Waals surface area contributed by atoms with E-state index in [1.54, 1.807) is 6.20 Å². The van der Waals surface area contributed by atoms with Gasteiger partial charge in [0.2, 0.25) is 5.95 Å². The van der Waals surface area contributed by atoms with Crippen LogP contribution in [-0.2, 0) is 0 Å². The largest absolute Gasteiger partial charge is 0.493 e. The summed E-state index contributed by atoms with van der Waals surface area (Å²) in [5.74, 6) is 1.45. The summed E-state index contributed by atoms with van der Waals surface area (Å²) in [5.41, 5.74) is 1.83. The summed E-state index contributed by atoms with van der Waals surface area (Å²) in [7, 11) is 0. The van der Waals surface area contributed by atoms with Crippen LogP contribution < -0.4 is 10.1 Å². The molecule has 0 aliphatic rings. The molecule has 0 aliphatic carbocycles. The Morgan fingerprint density at radius 2 is 2.10 bits per heavy atom. The Morgan fingerprint density at radius 1 is 1.25 bits per heavy atom. The smallest absolute Gasteiger partial charge is 0.223 e. The number of anilines is 1. The highest BCUT2D eigenvalue weighted by Crippen LogP contribution is 2.28. The summed E-state index contributed by atoms with van der Waals surface area (Å²) >= 11 is 0. The molecule has 0 spiro atoms. The van der Waals surface area contributed by atoms with E-state index in [1.807, 2.05) is 30.3 Å². The molecule has 0 amide bonds. The van der Waals surface area contributed by atoms with Gasteiger partial charge < -0.3 is 10.1 Å². The van der Waals surface area contributed by atoms with Gasteiger partial charge in [-0.15, -0.1) is 0 Å². The number of nitrogens with one attached hydrogen (secondary N) is 1. The van der Waals surface area contributed by atoms with E-state index in [2.05, 4.69) is 29.1 Å². The second-order valence-electron chi connectivity index (χ2n) is 4.39. The van der Waals surface area contributed by atoms with Crippen LogP contribution in [0.15, 0.2) is 36.5 Å². The fourth-order valence-electron chi connectivity index (χ4n) is 1.84. The first kappa shape index (κ1) is 14.3. The van der Waals surface area contributed by atoms with Crippen LogP contribution in [0, 0.1) is 6.92 Å². The molecule has 1 N–H and O–H groups in total. The standard InChI is InChI=1S/C16H20N3O/c1-3-5-12-20-15-9-7-6-8-13(15)14-10-11-18-16(19-14)17-4-2/h6-11H,2-5,12H2,1H3,(H,17,18,19). The molecule has 1 aromatic carbocycles. The van der Waals surface area contributed by atoms with Crippen molar-refractivity contribution in [2.45, 2.75) is 19.8 Å². The van der Waals surface area contributed by atoms with Crippen molar-refractivity contribution in [3.63, 3.8) is 0 Å². The highest BCUT2D eigenvalue weighted by molar-refractivity contribution is 5.67. The van der Waals surface area contributed by atoms with Crippen molar-refractivity contribution in [1.82, 2.24) is 9.97 Å². The van der Waals surface area contributed by atoms with E-state index in [9.17, 15) is 0 Å². The Hall–Kier alpha value is -2.10. The minimum Gasteiger partial charge on any atom is -0.493 e. The molecule has 4 nitrogen and oxygen atoms in total. The summed E-state index contributed by atoms with van der Waals surface area (Å²) in [6.45, 7) is 7.16. The van der Waals surface area contributed by atoms with Gasteiger partial charge >= 0.3 is 0 Å². The number of para-hydroxylation sites is 1. The van der Waals surface area contributed by atoms with Gasteiger partial charge in [0.1, 0.15) is 5.75 Å². The number of rotatable bonds is 7. The predicted molar refractivity (Wildman–Crippen MR) is 81.7 cm³/mol. The van der Waals surface area contributed by atoms with Crippen molar-refractivity contribution >= 4 is 5.95 Å². The Balaban J connectivity index is 2.24. The molecule has 2 rings (SSSR count). The SMILES string of the molecule is [CH2]CNc1nccc(-c2ccccc2OCCCC)n1. The molecule has 1 radical (unpaired) electrons. The third kappa shape index (κ3) is 3.70. The maximum absolute atomic E-state index is 5.84. The molecular formula is C16H20N3O. The molecule has 1 heterocycles. The van der Waals surface area contributed by atoms with Gasteiger partial charge in [0, 0.05) is 18.3 Å². The van der Waals surface area contributed by atoms with E-state index in [-0.39, 0.29) is 0 Å². The van der Waals surface area contributed by atoms with Crippen LogP contribution in [0.25, 0.3) is 11.3 Å². The van der Waals surface area contributed by atoms with E-state index in [0.717, 1.165) is 36.5 Å². The van der Waals surface area contributed by atoms with Gasteiger partial charge in [-0.05, 0) is 31.5 Å². The third-order valence-corrected chi connectivity index (χ3v) is 2.86. The number of hydrogen-bond acceptors (Lipinski definition) is 4. The first-order valence-electron chi connectivity index (χ1n) is 6.93. The van der Waals surface area contributed by atoms with Crippen molar-refractivity contribution in [1.29, 1.82) is 0 Å². The fourth-order valence-corrected chi connectivity index (χ4v) is 1.84. The van der Waals surface area contributed by atoms with Crippen molar-refractivity contribution in [3.05, 3.63) is 43.5 Å². The zero-order chi connectivity index (χ0) is 14.2. The predicted octanol–water partition coefficient (Wildman–Crippen LogP) is 3.57. The van der Waals surface area contributed by atoms with Crippen LogP contribution in [0.5, 0.6) is 5.75 Å². The van der Waals surface area contributed by atoms with Crippen LogP contribution in [0.3, 0.4) is 0 Å². The quantitative estimate of drug-likeness (QED) is 0.781. The maximum Gasteiger partial charge on any atom is 0.223 e. The van der Waals surface area contributed by atoms with Crippen molar-refractivity contribution in [2.24, 2.45) is 0 Å². The highest BCUT2D eigenvalue weighted by atomic mass is 16.5. The van der Waals surface area contributed by atoms with Crippen molar-refractivity contribution in [2.75, 3.05) is 18.5 Å². The number of aromatic nitrogens is 2. The summed E-state index contributed by atoms with van der Waals surface area (Å²) < 4.78 is 5.84. The molecule has 0 aliphatic heterocycles. The van der Waals surface area contributed by atoms with Crippen molar-refractivity contribution in [3.8, 4) is 17.0 Å². The molecule has 0 saturated heterocycles. The molecule has 20 heavy (non-hydrogen) atoms. The molecule has 0 fully saturated rings. The monoisotopic (exact) mass is 270 g/mol. The topological polar surface area (TPSA) is 47.0 Å². The lowest BCUT2D eigenvalue weighted by molar-refractivity contribution is 0.310. The van der Waals surface area contributed by atoms with E-state index < -0.39 is 0 Å².